The van der Waals surface area contributed by atoms with Crippen LogP contribution in [0, 0.1) is 13.8 Å². The zero-order chi connectivity index (χ0) is 17.1. The van der Waals surface area contributed by atoms with Gasteiger partial charge in [0.1, 0.15) is 12.4 Å². The van der Waals surface area contributed by atoms with Gasteiger partial charge in [0, 0.05) is 18.8 Å². The Hall–Kier alpha value is -3.09. The molecule has 2 heterocycles. The number of likely N-dealkylation sites (N-methyl/N-ethyl adjacent to an activating group) is 1. The van der Waals surface area contributed by atoms with E-state index in [1.807, 2.05) is 44.2 Å². The normalized spacial score (nSPS) is 10.6. The van der Waals surface area contributed by atoms with E-state index in [4.69, 9.17) is 0 Å². The summed E-state index contributed by atoms with van der Waals surface area (Å²) in [5.74, 6) is 0.919. The van der Waals surface area contributed by atoms with Crippen molar-refractivity contribution in [3.05, 3.63) is 53.7 Å². The second kappa shape index (κ2) is 6.57. The van der Waals surface area contributed by atoms with Crippen LogP contribution in [0.2, 0.25) is 0 Å². The van der Waals surface area contributed by atoms with Crippen molar-refractivity contribution in [2.75, 3.05) is 11.9 Å². The van der Waals surface area contributed by atoms with E-state index in [0.717, 1.165) is 16.7 Å². The van der Waals surface area contributed by atoms with Crippen LogP contribution < -0.4 is 4.90 Å². The molecule has 1 aromatic carbocycles. The third-order valence-corrected chi connectivity index (χ3v) is 3.65. The van der Waals surface area contributed by atoms with Crippen LogP contribution in [0.1, 0.15) is 11.1 Å². The van der Waals surface area contributed by atoms with E-state index in [0.29, 0.717) is 11.6 Å². The Bertz CT molecular complexity index is 838. The number of pyridine rings is 1. The first-order valence-corrected chi connectivity index (χ1v) is 7.57. The van der Waals surface area contributed by atoms with Gasteiger partial charge < -0.3 is 0 Å². The molecule has 7 heteroatoms. The van der Waals surface area contributed by atoms with Crippen LogP contribution in [0.15, 0.2) is 42.6 Å². The van der Waals surface area contributed by atoms with Crippen molar-refractivity contribution in [1.82, 2.24) is 25.2 Å². The molecule has 24 heavy (non-hydrogen) atoms. The molecule has 122 valence electrons. The van der Waals surface area contributed by atoms with E-state index in [9.17, 15) is 4.79 Å². The number of nitrogens with zero attached hydrogens (tertiary/aromatic N) is 6. The van der Waals surface area contributed by atoms with Crippen LogP contribution in [0.4, 0.5) is 5.82 Å². The lowest BCUT2D eigenvalue weighted by Crippen LogP contribution is -2.31. The predicted octanol–water partition coefficient (Wildman–Crippen LogP) is 2.01. The molecule has 7 nitrogen and oxygen atoms in total. The van der Waals surface area contributed by atoms with Gasteiger partial charge in [-0.2, -0.15) is 4.80 Å². The second-order valence-electron chi connectivity index (χ2n) is 5.66. The molecule has 0 atom stereocenters. The molecule has 0 N–H and O–H groups in total. The topological polar surface area (TPSA) is 76.8 Å². The van der Waals surface area contributed by atoms with Crippen LogP contribution in [0.25, 0.3) is 11.4 Å². The van der Waals surface area contributed by atoms with E-state index in [2.05, 4.69) is 20.4 Å². The highest BCUT2D eigenvalue weighted by Gasteiger charge is 2.15. The molecule has 0 aliphatic carbocycles. The number of hydrogen-bond donors (Lipinski definition) is 0. The van der Waals surface area contributed by atoms with Gasteiger partial charge in [0.15, 0.2) is 0 Å². The highest BCUT2D eigenvalue weighted by atomic mass is 16.2. The lowest BCUT2D eigenvalue weighted by Gasteiger charge is -2.15. The quantitative estimate of drug-likeness (QED) is 0.734. The first-order valence-electron chi connectivity index (χ1n) is 7.57. The number of rotatable bonds is 4. The molecular formula is C17H18N6O. The van der Waals surface area contributed by atoms with Gasteiger partial charge in [-0.1, -0.05) is 35.9 Å². The number of benzene rings is 1. The van der Waals surface area contributed by atoms with Gasteiger partial charge in [0.25, 0.3) is 5.91 Å². The van der Waals surface area contributed by atoms with E-state index in [1.165, 1.54) is 9.70 Å². The van der Waals surface area contributed by atoms with Crippen molar-refractivity contribution in [2.45, 2.75) is 20.4 Å². The van der Waals surface area contributed by atoms with Gasteiger partial charge in [-0.05, 0) is 30.7 Å². The minimum Gasteiger partial charge on any atom is -0.298 e. The SMILES string of the molecule is Cc1ccc(-c2nnn(CC(=O)N(C)c3ccc(C)cn3)n2)cc1. The molecule has 0 bridgehead atoms. The molecule has 0 radical (unpaired) electrons. The number of aromatic nitrogens is 5. The van der Waals surface area contributed by atoms with Crippen molar-refractivity contribution in [3.63, 3.8) is 0 Å². The molecule has 2 aromatic heterocycles. The van der Waals surface area contributed by atoms with Gasteiger partial charge in [0.2, 0.25) is 5.82 Å². The number of hydrogen-bond acceptors (Lipinski definition) is 5. The third-order valence-electron chi connectivity index (χ3n) is 3.65. The Balaban J connectivity index is 1.71. The lowest BCUT2D eigenvalue weighted by atomic mass is 10.1. The Morgan fingerprint density at radius 2 is 1.79 bits per heavy atom. The summed E-state index contributed by atoms with van der Waals surface area (Å²) >= 11 is 0. The van der Waals surface area contributed by atoms with Crippen molar-refractivity contribution in [1.29, 1.82) is 0 Å². The Morgan fingerprint density at radius 3 is 2.46 bits per heavy atom. The summed E-state index contributed by atoms with van der Waals surface area (Å²) in [4.78, 5) is 19.4. The molecule has 0 fully saturated rings. The minimum atomic E-state index is -0.167. The Labute approximate surface area is 139 Å². The van der Waals surface area contributed by atoms with Gasteiger partial charge >= 0.3 is 0 Å². The molecule has 0 aliphatic rings. The molecule has 0 spiro atoms. The largest absolute Gasteiger partial charge is 0.298 e. The summed E-state index contributed by atoms with van der Waals surface area (Å²) in [5.41, 5.74) is 3.07. The molecule has 3 aromatic rings. The summed E-state index contributed by atoms with van der Waals surface area (Å²) in [6.07, 6.45) is 1.72. The molecule has 3 rings (SSSR count). The monoisotopic (exact) mass is 322 g/mol. The maximum Gasteiger partial charge on any atom is 0.251 e. The van der Waals surface area contributed by atoms with Crippen LogP contribution in [0.3, 0.4) is 0 Å². The summed E-state index contributed by atoms with van der Waals surface area (Å²) in [5, 5.41) is 12.2. The zero-order valence-electron chi connectivity index (χ0n) is 13.8. The van der Waals surface area contributed by atoms with Crippen LogP contribution in [-0.2, 0) is 11.3 Å². The van der Waals surface area contributed by atoms with Crippen molar-refractivity contribution >= 4 is 11.7 Å². The lowest BCUT2D eigenvalue weighted by molar-refractivity contribution is -0.119. The maximum absolute atomic E-state index is 12.3. The zero-order valence-corrected chi connectivity index (χ0v) is 13.8. The number of carbonyl (C=O) groups is 1. The molecule has 0 unspecified atom stereocenters. The van der Waals surface area contributed by atoms with Gasteiger partial charge in [-0.15, -0.1) is 10.2 Å². The molecule has 0 saturated heterocycles. The average Bonchev–Trinajstić information content (AvgIpc) is 3.04. The fourth-order valence-electron chi connectivity index (χ4n) is 2.14. The number of carbonyl (C=O) groups excluding carboxylic acids is 1. The number of anilines is 1. The van der Waals surface area contributed by atoms with Crippen molar-refractivity contribution < 1.29 is 4.79 Å². The highest BCUT2D eigenvalue weighted by Crippen LogP contribution is 2.14. The van der Waals surface area contributed by atoms with Crippen molar-refractivity contribution in [2.24, 2.45) is 0 Å². The standard InChI is InChI=1S/C17H18N6O/c1-12-4-7-14(8-5-12)17-19-21-23(20-17)11-16(24)22(3)15-9-6-13(2)10-18-15/h4-10H,11H2,1-3H3. The van der Waals surface area contributed by atoms with Crippen molar-refractivity contribution in [3.8, 4) is 11.4 Å². The Kier molecular flexibility index (Phi) is 4.33. The van der Waals surface area contributed by atoms with Crippen LogP contribution in [0.5, 0.6) is 0 Å². The first kappa shape index (κ1) is 15.8. The van der Waals surface area contributed by atoms with Crippen LogP contribution in [-0.4, -0.2) is 38.1 Å². The van der Waals surface area contributed by atoms with E-state index in [1.54, 1.807) is 19.3 Å². The first-order chi connectivity index (χ1) is 11.5. The second-order valence-corrected chi connectivity index (χ2v) is 5.66. The van der Waals surface area contributed by atoms with E-state index < -0.39 is 0 Å². The number of aryl methyl sites for hydroxylation is 2. The third kappa shape index (κ3) is 3.45. The average molecular weight is 322 g/mol. The van der Waals surface area contributed by atoms with E-state index >= 15 is 0 Å². The van der Waals surface area contributed by atoms with Gasteiger partial charge in [-0.25, -0.2) is 4.98 Å². The fraction of sp³-hybridized carbons (Fsp3) is 0.235. The summed E-state index contributed by atoms with van der Waals surface area (Å²) in [7, 11) is 1.68. The smallest absolute Gasteiger partial charge is 0.251 e. The fourth-order valence-corrected chi connectivity index (χ4v) is 2.14. The number of amides is 1. The van der Waals surface area contributed by atoms with E-state index in [-0.39, 0.29) is 12.5 Å². The summed E-state index contributed by atoms with van der Waals surface area (Å²) in [6, 6.07) is 11.5. The molecule has 0 aliphatic heterocycles. The highest BCUT2D eigenvalue weighted by molar-refractivity contribution is 5.91. The van der Waals surface area contributed by atoms with Gasteiger partial charge in [-0.3, -0.25) is 9.69 Å². The molecule has 0 saturated carbocycles. The summed E-state index contributed by atoms with van der Waals surface area (Å²) < 4.78 is 0. The van der Waals surface area contributed by atoms with Gasteiger partial charge in [0.05, 0.1) is 0 Å². The predicted molar refractivity (Wildman–Crippen MR) is 90.4 cm³/mol. The number of tetrazole rings is 1. The summed E-state index contributed by atoms with van der Waals surface area (Å²) in [6.45, 7) is 3.97. The minimum absolute atomic E-state index is 0.00488. The molecule has 1 amide bonds. The molecular weight excluding hydrogens is 304 g/mol. The Morgan fingerprint density at radius 1 is 1.08 bits per heavy atom. The van der Waals surface area contributed by atoms with Crippen LogP contribution >= 0.6 is 0 Å². The maximum atomic E-state index is 12.3.